The fourth-order valence-corrected chi connectivity index (χ4v) is 0. The van der Waals surface area contributed by atoms with Crippen molar-refractivity contribution in [1.82, 2.24) is 4.67 Å². The molecule has 0 rings (SSSR count). The first-order valence-electron chi connectivity index (χ1n) is 1.69. The fourth-order valence-electron chi connectivity index (χ4n) is 0. The summed E-state index contributed by atoms with van der Waals surface area (Å²) in [7, 11) is -0.889. The minimum absolute atomic E-state index is 0.965. The van der Waals surface area contributed by atoms with Gasteiger partial charge in [-0.25, -0.2) is 0 Å². The van der Waals surface area contributed by atoms with Gasteiger partial charge in [0, 0.05) is 14.1 Å². The van der Waals surface area contributed by atoms with E-state index in [9.17, 15) is 0 Å². The van der Waals surface area contributed by atoms with E-state index in [1.807, 2.05) is 0 Å². The highest BCUT2D eigenvalue weighted by Crippen LogP contribution is 2.45. The molecule has 0 radical (unpaired) electrons. The molecular formula is C2H9NO3P+. The Kier molecular flexibility index (Phi) is 2.10. The molecular weight excluding hydrogens is 117 g/mol. The molecule has 3 N–H and O–H groups in total. The van der Waals surface area contributed by atoms with E-state index in [1.165, 1.54) is 14.1 Å². The van der Waals surface area contributed by atoms with E-state index in [2.05, 4.69) is 0 Å². The Balaban J connectivity index is 3.54. The summed E-state index contributed by atoms with van der Waals surface area (Å²) in [5, 5.41) is 0. The molecule has 0 saturated heterocycles. The van der Waals surface area contributed by atoms with E-state index in [-0.39, 0.29) is 0 Å². The number of rotatable bonds is 1. The number of nitrogens with zero attached hydrogens (tertiary/aromatic N) is 1. The number of hydrogen-bond acceptors (Lipinski definition) is 4. The van der Waals surface area contributed by atoms with Crippen LogP contribution in [0.1, 0.15) is 0 Å². The van der Waals surface area contributed by atoms with Crippen molar-refractivity contribution in [3.8, 4) is 0 Å². The lowest BCUT2D eigenvalue weighted by atomic mass is 11.3. The van der Waals surface area contributed by atoms with E-state index >= 15 is 0 Å². The van der Waals surface area contributed by atoms with Gasteiger partial charge in [-0.1, -0.05) is 0 Å². The first kappa shape index (κ1) is 7.27. The van der Waals surface area contributed by atoms with Gasteiger partial charge in [0.05, 0.1) is 0 Å². The highest BCUT2D eigenvalue weighted by atomic mass is 31.2. The summed E-state index contributed by atoms with van der Waals surface area (Å²) < 4.78 is 0.965. The zero-order valence-electron chi connectivity index (χ0n) is 4.24. The van der Waals surface area contributed by atoms with Crippen LogP contribution in [0.15, 0.2) is 0 Å². The number of hydrogen-bond donors (Lipinski definition) is 3. The van der Waals surface area contributed by atoms with E-state index in [0.29, 0.717) is 0 Å². The van der Waals surface area contributed by atoms with Crippen LogP contribution in [0.25, 0.3) is 0 Å². The standard InChI is InChI=1S/C2H9NO3P/c1-3(2)7(4,5)6/h4-6H,1-2H3/q+1. The van der Waals surface area contributed by atoms with E-state index in [0.717, 1.165) is 4.67 Å². The molecule has 0 fully saturated rings. The van der Waals surface area contributed by atoms with Crippen LogP contribution in [-0.2, 0) is 0 Å². The van der Waals surface area contributed by atoms with Crippen molar-refractivity contribution in [1.29, 1.82) is 0 Å². The summed E-state index contributed by atoms with van der Waals surface area (Å²) >= 11 is 0. The lowest BCUT2D eigenvalue weighted by molar-refractivity contribution is 0.266. The molecule has 0 aliphatic rings. The minimum Gasteiger partial charge on any atom is -0.178 e. The smallest absolute Gasteiger partial charge is 0.178 e. The van der Waals surface area contributed by atoms with Crippen LogP contribution in [0, 0.1) is 0 Å². The Morgan fingerprint density at radius 3 is 1.29 bits per heavy atom. The molecule has 0 unspecified atom stereocenters. The van der Waals surface area contributed by atoms with Crippen LogP contribution in [0.4, 0.5) is 0 Å². The Labute approximate surface area is 42.6 Å². The second-order valence-electron chi connectivity index (χ2n) is 1.38. The van der Waals surface area contributed by atoms with Gasteiger partial charge >= 0.3 is 8.09 Å². The first-order valence-corrected chi connectivity index (χ1v) is 3.29. The van der Waals surface area contributed by atoms with Crippen molar-refractivity contribution in [3.05, 3.63) is 0 Å². The molecule has 0 heterocycles. The maximum absolute atomic E-state index is 8.24. The summed E-state index contributed by atoms with van der Waals surface area (Å²) in [4.78, 5) is 24.7. The van der Waals surface area contributed by atoms with Gasteiger partial charge in [0.2, 0.25) is 0 Å². The second kappa shape index (κ2) is 2.03. The first-order chi connectivity index (χ1) is 2.94. The monoisotopic (exact) mass is 126 g/mol. The lowest BCUT2D eigenvalue weighted by Crippen LogP contribution is -2.11. The van der Waals surface area contributed by atoms with Crippen LogP contribution < -0.4 is 0 Å². The molecule has 0 aromatic carbocycles. The Bertz CT molecular complexity index is 58.4. The molecule has 0 aliphatic carbocycles. The molecule has 0 spiro atoms. The van der Waals surface area contributed by atoms with E-state index in [1.54, 1.807) is 0 Å². The van der Waals surface area contributed by atoms with Gasteiger partial charge in [-0.3, -0.25) is 0 Å². The van der Waals surface area contributed by atoms with Crippen LogP contribution in [-0.4, -0.2) is 33.4 Å². The van der Waals surface area contributed by atoms with Gasteiger partial charge in [-0.2, -0.15) is 14.7 Å². The predicted molar refractivity (Wildman–Crippen MR) is 27.3 cm³/mol. The van der Waals surface area contributed by atoms with Gasteiger partial charge in [0.15, 0.2) is 0 Å². The molecule has 5 heteroatoms. The van der Waals surface area contributed by atoms with Crippen molar-refractivity contribution in [2.45, 2.75) is 0 Å². The average molecular weight is 126 g/mol. The largest absolute Gasteiger partial charge is 0.495 e. The van der Waals surface area contributed by atoms with E-state index in [4.69, 9.17) is 14.7 Å². The molecule has 0 aromatic heterocycles. The van der Waals surface area contributed by atoms with Gasteiger partial charge in [0.25, 0.3) is 0 Å². The molecule has 0 saturated carbocycles. The summed E-state index contributed by atoms with van der Waals surface area (Å²) in [6.45, 7) is 0. The summed E-state index contributed by atoms with van der Waals surface area (Å²) in [5.74, 6) is 0. The Morgan fingerprint density at radius 2 is 1.29 bits per heavy atom. The van der Waals surface area contributed by atoms with Crippen molar-refractivity contribution in [2.75, 3.05) is 14.1 Å². The maximum atomic E-state index is 8.24. The molecule has 4 nitrogen and oxygen atoms in total. The minimum atomic E-state index is -3.65. The third kappa shape index (κ3) is 2.91. The lowest BCUT2D eigenvalue weighted by Gasteiger charge is -2.07. The van der Waals surface area contributed by atoms with Gasteiger partial charge in [0.1, 0.15) is 0 Å². The molecule has 0 atom stereocenters. The SMILES string of the molecule is CN(C)[P+](O)(O)O. The topological polar surface area (TPSA) is 63.9 Å². The molecule has 0 aliphatic heterocycles. The second-order valence-corrected chi connectivity index (χ2v) is 3.26. The van der Waals surface area contributed by atoms with Crippen LogP contribution in [0.2, 0.25) is 0 Å². The molecule has 44 valence electrons. The Hall–Kier alpha value is 0.270. The highest BCUT2D eigenvalue weighted by molar-refractivity contribution is 7.55. The predicted octanol–water partition coefficient (Wildman–Crippen LogP) is -0.798. The van der Waals surface area contributed by atoms with Crippen molar-refractivity contribution in [3.63, 3.8) is 0 Å². The van der Waals surface area contributed by atoms with Gasteiger partial charge in [-0.05, 0) is 0 Å². The highest BCUT2D eigenvalue weighted by Gasteiger charge is 2.33. The molecule has 0 aromatic rings. The van der Waals surface area contributed by atoms with Crippen molar-refractivity contribution in [2.24, 2.45) is 0 Å². The maximum Gasteiger partial charge on any atom is 0.495 e. The zero-order valence-corrected chi connectivity index (χ0v) is 5.13. The fraction of sp³-hybridized carbons (Fsp3) is 1.00. The summed E-state index contributed by atoms with van der Waals surface area (Å²) in [6.07, 6.45) is 0. The van der Waals surface area contributed by atoms with Crippen molar-refractivity contribution >= 4 is 8.09 Å². The normalized spacial score (nSPS) is 12.9. The summed E-state index contributed by atoms with van der Waals surface area (Å²) in [6, 6.07) is 0. The molecule has 7 heavy (non-hydrogen) atoms. The van der Waals surface area contributed by atoms with Crippen LogP contribution >= 0.6 is 8.09 Å². The van der Waals surface area contributed by atoms with E-state index < -0.39 is 8.09 Å². The third-order valence-corrected chi connectivity index (χ3v) is 1.61. The van der Waals surface area contributed by atoms with Crippen LogP contribution in [0.5, 0.6) is 0 Å². The quantitative estimate of drug-likeness (QED) is 0.402. The average Bonchev–Trinajstić information content (AvgIpc) is 1.31. The Morgan fingerprint density at radius 1 is 1.14 bits per heavy atom. The summed E-state index contributed by atoms with van der Waals surface area (Å²) in [5.41, 5.74) is 0. The molecule has 0 amide bonds. The van der Waals surface area contributed by atoms with Crippen LogP contribution in [0.3, 0.4) is 0 Å². The zero-order chi connectivity index (χ0) is 6.08. The van der Waals surface area contributed by atoms with Gasteiger partial charge in [-0.15, -0.1) is 4.67 Å². The molecule has 0 bridgehead atoms. The van der Waals surface area contributed by atoms with Crippen molar-refractivity contribution < 1.29 is 14.7 Å². The van der Waals surface area contributed by atoms with Gasteiger partial charge < -0.3 is 0 Å². The third-order valence-electron chi connectivity index (χ3n) is 0.537.